The van der Waals surface area contributed by atoms with Crippen LogP contribution >= 0.6 is 23.1 Å². The van der Waals surface area contributed by atoms with Crippen LogP contribution in [0.15, 0.2) is 65.8 Å². The van der Waals surface area contributed by atoms with Gasteiger partial charge in [0.1, 0.15) is 11.1 Å². The average molecular weight is 486 g/mol. The Morgan fingerprint density at radius 2 is 1.76 bits per heavy atom. The molecule has 0 bridgehead atoms. The maximum absolute atomic E-state index is 12.9. The lowest BCUT2D eigenvalue weighted by atomic mass is 10.1. The van der Waals surface area contributed by atoms with E-state index in [1.54, 1.807) is 11.3 Å². The molecule has 0 aliphatic heterocycles. The number of benzene rings is 2. The number of para-hydroxylation sites is 1. The topological polar surface area (TPSA) is 83.6 Å². The van der Waals surface area contributed by atoms with E-state index in [1.165, 1.54) is 23.1 Å². The fraction of sp³-hybridized carbons (Fsp3) is 0.231. The summed E-state index contributed by atoms with van der Waals surface area (Å²) >= 11 is 2.89. The first-order valence-corrected chi connectivity index (χ1v) is 13.1. The zero-order valence-corrected chi connectivity index (χ0v) is 20.2. The van der Waals surface area contributed by atoms with Gasteiger partial charge in [0.25, 0.3) is 0 Å². The Hall–Kier alpha value is -3.41. The molecular weight excluding hydrogens is 462 g/mol. The molecule has 2 aromatic heterocycles. The summed E-state index contributed by atoms with van der Waals surface area (Å²) < 4.78 is 1.97. The fourth-order valence-corrected chi connectivity index (χ4v) is 6.20. The maximum atomic E-state index is 12.9. The van der Waals surface area contributed by atoms with Crippen molar-refractivity contribution >= 4 is 34.0 Å². The Kier molecular flexibility index (Phi) is 6.74. The highest BCUT2D eigenvalue weighted by Crippen LogP contribution is 2.37. The molecule has 0 atom stereocenters. The van der Waals surface area contributed by atoms with Crippen LogP contribution < -0.4 is 5.32 Å². The van der Waals surface area contributed by atoms with Crippen LogP contribution in [-0.2, 0) is 17.6 Å². The molecule has 5 rings (SSSR count). The molecule has 170 valence electrons. The van der Waals surface area contributed by atoms with E-state index < -0.39 is 0 Å². The van der Waals surface area contributed by atoms with E-state index in [0.717, 1.165) is 48.3 Å². The summed E-state index contributed by atoms with van der Waals surface area (Å²) in [5.41, 5.74) is 3.65. The van der Waals surface area contributed by atoms with Crippen molar-refractivity contribution in [1.82, 2.24) is 14.8 Å². The number of aryl methyl sites for hydroxylation is 1. The number of hydrogen-bond acceptors (Lipinski definition) is 6. The van der Waals surface area contributed by atoms with Crippen molar-refractivity contribution in [3.63, 3.8) is 0 Å². The molecule has 2 heterocycles. The Morgan fingerprint density at radius 3 is 2.53 bits per heavy atom. The number of carbonyl (C=O) groups excluding carboxylic acids is 1. The monoisotopic (exact) mass is 485 g/mol. The fourth-order valence-electron chi connectivity index (χ4n) is 4.19. The number of rotatable bonds is 6. The van der Waals surface area contributed by atoms with Crippen LogP contribution in [0.2, 0.25) is 0 Å². The molecule has 1 N–H and O–H groups in total. The largest absolute Gasteiger partial charge is 0.316 e. The Labute approximate surface area is 206 Å². The third-order valence-corrected chi connectivity index (χ3v) is 7.93. The number of aromatic nitrogens is 3. The average Bonchev–Trinajstić information content (AvgIpc) is 3.36. The van der Waals surface area contributed by atoms with Crippen molar-refractivity contribution in [2.45, 2.75) is 37.3 Å². The summed E-state index contributed by atoms with van der Waals surface area (Å²) in [7, 11) is 0. The number of fused-ring (bicyclic) bond motifs is 1. The van der Waals surface area contributed by atoms with E-state index in [-0.39, 0.29) is 11.7 Å². The standard InChI is InChI=1S/C26H23N5OS2/c27-16-21-20-14-8-3-9-15-22(20)34-25(21)28-23(32)17-33-26-30-29-24(18-10-4-1-5-11-18)31(26)19-12-6-2-7-13-19/h1-2,4-7,10-13H,3,8-9,14-15,17H2,(H,28,32). The van der Waals surface area contributed by atoms with Crippen LogP contribution in [0.4, 0.5) is 5.00 Å². The lowest BCUT2D eigenvalue weighted by Gasteiger charge is -2.10. The van der Waals surface area contributed by atoms with E-state index in [9.17, 15) is 10.1 Å². The lowest BCUT2D eigenvalue weighted by molar-refractivity contribution is -0.113. The number of thioether (sulfide) groups is 1. The zero-order valence-electron chi connectivity index (χ0n) is 18.5. The molecule has 34 heavy (non-hydrogen) atoms. The SMILES string of the molecule is N#Cc1c(NC(=O)CSc2nnc(-c3ccccc3)n2-c2ccccc2)sc2c1CCCCC2. The lowest BCUT2D eigenvalue weighted by Crippen LogP contribution is -2.14. The van der Waals surface area contributed by atoms with Crippen LogP contribution in [0.25, 0.3) is 17.1 Å². The molecule has 0 unspecified atom stereocenters. The van der Waals surface area contributed by atoms with Crippen molar-refractivity contribution in [2.75, 3.05) is 11.1 Å². The summed E-state index contributed by atoms with van der Waals surface area (Å²) in [6, 6.07) is 22.1. The number of nitriles is 1. The highest BCUT2D eigenvalue weighted by atomic mass is 32.2. The zero-order chi connectivity index (χ0) is 23.3. The molecule has 0 spiro atoms. The Bertz CT molecular complexity index is 1340. The number of anilines is 1. The van der Waals surface area contributed by atoms with E-state index in [2.05, 4.69) is 21.6 Å². The molecule has 2 aromatic carbocycles. The van der Waals surface area contributed by atoms with Gasteiger partial charge in [0.2, 0.25) is 5.91 Å². The first-order chi connectivity index (χ1) is 16.7. The van der Waals surface area contributed by atoms with Crippen molar-refractivity contribution < 1.29 is 4.79 Å². The number of nitrogens with one attached hydrogen (secondary N) is 1. The number of carbonyl (C=O) groups is 1. The van der Waals surface area contributed by atoms with Gasteiger partial charge in [0.05, 0.1) is 11.3 Å². The van der Waals surface area contributed by atoms with E-state index in [1.807, 2.05) is 65.2 Å². The first-order valence-electron chi connectivity index (χ1n) is 11.3. The summed E-state index contributed by atoms with van der Waals surface area (Å²) in [6.45, 7) is 0. The molecule has 1 aliphatic rings. The Balaban J connectivity index is 1.36. The van der Waals surface area contributed by atoms with Gasteiger partial charge in [-0.2, -0.15) is 5.26 Å². The van der Waals surface area contributed by atoms with Gasteiger partial charge in [-0.1, -0.05) is 66.7 Å². The second kappa shape index (κ2) is 10.2. The minimum Gasteiger partial charge on any atom is -0.316 e. The van der Waals surface area contributed by atoms with Crippen LogP contribution in [0.3, 0.4) is 0 Å². The quantitative estimate of drug-likeness (QED) is 0.273. The Morgan fingerprint density at radius 1 is 1.03 bits per heavy atom. The normalized spacial score (nSPS) is 13.0. The van der Waals surface area contributed by atoms with Crippen LogP contribution in [0.5, 0.6) is 0 Å². The van der Waals surface area contributed by atoms with E-state index >= 15 is 0 Å². The van der Waals surface area contributed by atoms with E-state index in [0.29, 0.717) is 15.7 Å². The van der Waals surface area contributed by atoms with Gasteiger partial charge in [-0.15, -0.1) is 21.5 Å². The van der Waals surface area contributed by atoms with Gasteiger partial charge in [-0.05, 0) is 43.4 Å². The highest BCUT2D eigenvalue weighted by molar-refractivity contribution is 7.99. The second-order valence-electron chi connectivity index (χ2n) is 8.06. The van der Waals surface area contributed by atoms with Crippen molar-refractivity contribution in [3.05, 3.63) is 76.7 Å². The van der Waals surface area contributed by atoms with Crippen molar-refractivity contribution in [1.29, 1.82) is 5.26 Å². The third-order valence-electron chi connectivity index (χ3n) is 5.80. The summed E-state index contributed by atoms with van der Waals surface area (Å²) in [5, 5.41) is 22.8. The molecular formula is C26H23N5OS2. The molecule has 0 fully saturated rings. The van der Waals surface area contributed by atoms with Gasteiger partial charge in [-0.25, -0.2) is 0 Å². The smallest absolute Gasteiger partial charge is 0.235 e. The second-order valence-corrected chi connectivity index (χ2v) is 10.1. The maximum Gasteiger partial charge on any atom is 0.235 e. The van der Waals surface area contributed by atoms with Crippen molar-refractivity contribution in [2.24, 2.45) is 0 Å². The van der Waals surface area contributed by atoms with Crippen molar-refractivity contribution in [3.8, 4) is 23.1 Å². The molecule has 6 nitrogen and oxygen atoms in total. The molecule has 0 saturated carbocycles. The number of hydrogen-bond donors (Lipinski definition) is 1. The first kappa shape index (κ1) is 22.4. The summed E-state index contributed by atoms with van der Waals surface area (Å²) in [6.07, 6.45) is 5.34. The summed E-state index contributed by atoms with van der Waals surface area (Å²) in [4.78, 5) is 14.1. The minimum atomic E-state index is -0.151. The van der Waals surface area contributed by atoms with Crippen LogP contribution in [0.1, 0.15) is 35.3 Å². The number of thiophene rings is 1. The van der Waals surface area contributed by atoms with Gasteiger partial charge < -0.3 is 5.32 Å². The van der Waals surface area contributed by atoms with Crippen LogP contribution in [-0.4, -0.2) is 26.4 Å². The van der Waals surface area contributed by atoms with Gasteiger partial charge in [0.15, 0.2) is 11.0 Å². The number of nitrogens with zero attached hydrogens (tertiary/aromatic N) is 4. The molecule has 0 radical (unpaired) electrons. The predicted molar refractivity (Wildman–Crippen MR) is 136 cm³/mol. The van der Waals surface area contributed by atoms with E-state index in [4.69, 9.17) is 0 Å². The molecule has 1 aliphatic carbocycles. The van der Waals surface area contributed by atoms with Gasteiger partial charge in [-0.3, -0.25) is 9.36 Å². The van der Waals surface area contributed by atoms with Crippen LogP contribution in [0, 0.1) is 11.3 Å². The summed E-state index contributed by atoms with van der Waals surface area (Å²) in [5.74, 6) is 0.748. The predicted octanol–water partition coefficient (Wildman–Crippen LogP) is 5.87. The highest BCUT2D eigenvalue weighted by Gasteiger charge is 2.22. The molecule has 0 saturated heterocycles. The van der Waals surface area contributed by atoms with Gasteiger partial charge >= 0.3 is 0 Å². The molecule has 4 aromatic rings. The number of amides is 1. The third kappa shape index (κ3) is 4.63. The molecule has 8 heteroatoms. The van der Waals surface area contributed by atoms with Gasteiger partial charge in [0, 0.05) is 16.1 Å². The minimum absolute atomic E-state index is 0.151. The molecule has 1 amide bonds.